The van der Waals surface area contributed by atoms with Crippen LogP contribution in [0.15, 0.2) is 66.7 Å². The number of ether oxygens (including phenoxy) is 1. The Balaban J connectivity index is 1.69. The zero-order chi connectivity index (χ0) is 23.4. The fraction of sp³-hybridized carbons (Fsp3) is 0.185. The highest BCUT2D eigenvalue weighted by molar-refractivity contribution is 5.92. The van der Waals surface area contributed by atoms with Gasteiger partial charge >= 0.3 is 5.97 Å². The first kappa shape index (κ1) is 22.3. The second-order valence-corrected chi connectivity index (χ2v) is 7.91. The molecule has 1 heterocycles. The number of aliphatic carboxylic acids is 1. The average Bonchev–Trinajstić information content (AvgIpc) is 2.83. The molecule has 0 spiro atoms. The fourth-order valence-electron chi connectivity index (χ4n) is 4.16. The number of rotatable bonds is 6. The Morgan fingerprint density at radius 2 is 1.85 bits per heavy atom. The summed E-state index contributed by atoms with van der Waals surface area (Å²) in [5.41, 5.74) is 4.25. The summed E-state index contributed by atoms with van der Waals surface area (Å²) >= 11 is 0. The Kier molecular flexibility index (Phi) is 6.54. The molecule has 1 N–H and O–H groups in total. The standard InChI is InChI=1S/C27H24FNO4/c1-33-25-11-7-19(16-27(31)32)15-22(25)20-9-10-24(28)21-13-14-29(17-23(20)21)26(30)12-8-18-5-3-2-4-6-18/h2-12,15H,13-14,16-17H2,1H3,(H,31,32)/b12-8+. The maximum atomic E-state index is 14.7. The van der Waals surface area contributed by atoms with E-state index in [9.17, 15) is 19.1 Å². The molecule has 5 nitrogen and oxygen atoms in total. The first-order chi connectivity index (χ1) is 16.0. The van der Waals surface area contributed by atoms with E-state index in [1.165, 1.54) is 19.3 Å². The van der Waals surface area contributed by atoms with Crippen molar-refractivity contribution in [2.75, 3.05) is 13.7 Å². The van der Waals surface area contributed by atoms with Crippen LogP contribution in [0.25, 0.3) is 17.2 Å². The number of carboxylic acid groups (broad SMARTS) is 1. The van der Waals surface area contributed by atoms with Gasteiger partial charge in [-0.25, -0.2) is 4.39 Å². The van der Waals surface area contributed by atoms with Crippen LogP contribution < -0.4 is 4.74 Å². The van der Waals surface area contributed by atoms with E-state index in [0.29, 0.717) is 41.0 Å². The first-order valence-electron chi connectivity index (χ1n) is 10.7. The van der Waals surface area contributed by atoms with Gasteiger partial charge in [-0.2, -0.15) is 0 Å². The average molecular weight is 445 g/mol. The summed E-state index contributed by atoms with van der Waals surface area (Å²) in [6.07, 6.45) is 3.57. The van der Waals surface area contributed by atoms with Gasteiger partial charge in [0.1, 0.15) is 11.6 Å². The lowest BCUT2D eigenvalue weighted by atomic mass is 9.89. The SMILES string of the molecule is COc1ccc(CC(=O)O)cc1-c1ccc(F)c2c1CN(C(=O)/C=C/c1ccccc1)CC2. The van der Waals surface area contributed by atoms with Crippen LogP contribution in [0.5, 0.6) is 5.75 Å². The van der Waals surface area contributed by atoms with Crippen LogP contribution in [0.4, 0.5) is 4.39 Å². The van der Waals surface area contributed by atoms with Crippen LogP contribution >= 0.6 is 0 Å². The number of benzene rings is 3. The topological polar surface area (TPSA) is 66.8 Å². The van der Waals surface area contributed by atoms with Gasteiger partial charge in [0.2, 0.25) is 5.91 Å². The minimum atomic E-state index is -0.936. The number of methoxy groups -OCH3 is 1. The van der Waals surface area contributed by atoms with E-state index in [1.807, 2.05) is 30.3 Å². The Bertz CT molecular complexity index is 1220. The fourth-order valence-corrected chi connectivity index (χ4v) is 4.16. The number of fused-ring (bicyclic) bond motifs is 1. The molecule has 0 atom stereocenters. The van der Waals surface area contributed by atoms with E-state index in [1.54, 1.807) is 35.2 Å². The second kappa shape index (κ2) is 9.69. The van der Waals surface area contributed by atoms with E-state index in [2.05, 4.69) is 0 Å². The summed E-state index contributed by atoms with van der Waals surface area (Å²) in [6, 6.07) is 17.8. The van der Waals surface area contributed by atoms with E-state index in [4.69, 9.17) is 4.74 Å². The van der Waals surface area contributed by atoms with Gasteiger partial charge < -0.3 is 14.7 Å². The number of nitrogens with zero attached hydrogens (tertiary/aromatic N) is 1. The number of carboxylic acids is 1. The third-order valence-electron chi connectivity index (χ3n) is 5.79. The molecular weight excluding hydrogens is 421 g/mol. The molecule has 3 aromatic rings. The van der Waals surface area contributed by atoms with Gasteiger partial charge in [-0.05, 0) is 58.5 Å². The van der Waals surface area contributed by atoms with Crippen molar-refractivity contribution in [2.45, 2.75) is 19.4 Å². The van der Waals surface area contributed by atoms with Crippen molar-refractivity contribution in [2.24, 2.45) is 0 Å². The molecule has 0 bridgehead atoms. The maximum Gasteiger partial charge on any atom is 0.307 e. The van der Waals surface area contributed by atoms with Gasteiger partial charge in [-0.3, -0.25) is 9.59 Å². The molecule has 4 rings (SSSR count). The predicted molar refractivity (Wildman–Crippen MR) is 124 cm³/mol. The minimum Gasteiger partial charge on any atom is -0.496 e. The van der Waals surface area contributed by atoms with Crippen molar-refractivity contribution in [1.29, 1.82) is 0 Å². The highest BCUT2D eigenvalue weighted by Crippen LogP contribution is 2.37. The molecule has 0 aromatic heterocycles. The molecule has 1 aliphatic heterocycles. The van der Waals surface area contributed by atoms with Crippen LogP contribution in [-0.4, -0.2) is 35.5 Å². The zero-order valence-corrected chi connectivity index (χ0v) is 18.3. The van der Waals surface area contributed by atoms with Crippen molar-refractivity contribution in [3.05, 3.63) is 94.8 Å². The van der Waals surface area contributed by atoms with Crippen molar-refractivity contribution in [3.8, 4) is 16.9 Å². The summed E-state index contributed by atoms with van der Waals surface area (Å²) in [4.78, 5) is 25.8. The summed E-state index contributed by atoms with van der Waals surface area (Å²) in [5, 5.41) is 9.18. The van der Waals surface area contributed by atoms with Crippen LogP contribution in [-0.2, 0) is 29.0 Å². The zero-order valence-electron chi connectivity index (χ0n) is 18.3. The molecule has 0 unspecified atom stereocenters. The molecule has 0 fully saturated rings. The number of hydrogen-bond donors (Lipinski definition) is 1. The summed E-state index contributed by atoms with van der Waals surface area (Å²) < 4.78 is 20.2. The van der Waals surface area contributed by atoms with Crippen LogP contribution in [0.1, 0.15) is 22.3 Å². The number of halogens is 1. The van der Waals surface area contributed by atoms with Gasteiger partial charge in [0, 0.05) is 24.7 Å². The van der Waals surface area contributed by atoms with Crippen LogP contribution in [0.3, 0.4) is 0 Å². The Hall–Kier alpha value is -3.93. The number of hydrogen-bond acceptors (Lipinski definition) is 3. The van der Waals surface area contributed by atoms with Crippen molar-refractivity contribution < 1.29 is 23.8 Å². The molecule has 1 amide bonds. The van der Waals surface area contributed by atoms with Crippen LogP contribution in [0.2, 0.25) is 0 Å². The maximum absolute atomic E-state index is 14.7. The third kappa shape index (κ3) is 4.95. The molecule has 0 saturated heterocycles. The van der Waals surface area contributed by atoms with Gasteiger partial charge in [-0.15, -0.1) is 0 Å². The molecule has 1 aliphatic rings. The first-order valence-corrected chi connectivity index (χ1v) is 10.7. The summed E-state index contributed by atoms with van der Waals surface area (Å²) in [5.74, 6) is -0.827. The Morgan fingerprint density at radius 3 is 2.58 bits per heavy atom. The predicted octanol–water partition coefficient (Wildman–Crippen LogP) is 4.73. The third-order valence-corrected chi connectivity index (χ3v) is 5.79. The second-order valence-electron chi connectivity index (χ2n) is 7.91. The molecular formula is C27H24FNO4. The van der Waals surface area contributed by atoms with Crippen molar-refractivity contribution in [1.82, 2.24) is 4.90 Å². The number of carbonyl (C=O) groups excluding carboxylic acids is 1. The number of amides is 1. The molecule has 0 radical (unpaired) electrons. The lowest BCUT2D eigenvalue weighted by Gasteiger charge is -2.30. The van der Waals surface area contributed by atoms with Gasteiger partial charge in [0.15, 0.2) is 0 Å². The monoisotopic (exact) mass is 445 g/mol. The van der Waals surface area contributed by atoms with Gasteiger partial charge in [-0.1, -0.05) is 42.5 Å². The quantitative estimate of drug-likeness (QED) is 0.558. The van der Waals surface area contributed by atoms with Crippen molar-refractivity contribution >= 4 is 18.0 Å². The van der Waals surface area contributed by atoms with E-state index < -0.39 is 5.97 Å². The molecule has 168 valence electrons. The van der Waals surface area contributed by atoms with E-state index in [-0.39, 0.29) is 24.7 Å². The molecule has 0 saturated carbocycles. The molecule has 33 heavy (non-hydrogen) atoms. The van der Waals surface area contributed by atoms with Crippen molar-refractivity contribution in [3.63, 3.8) is 0 Å². The molecule has 6 heteroatoms. The van der Waals surface area contributed by atoms with E-state index >= 15 is 0 Å². The normalized spacial score (nSPS) is 13.1. The van der Waals surface area contributed by atoms with E-state index in [0.717, 1.165) is 11.1 Å². The Labute approximate surface area is 191 Å². The molecule has 3 aromatic carbocycles. The lowest BCUT2D eigenvalue weighted by molar-refractivity contribution is -0.136. The highest BCUT2D eigenvalue weighted by Gasteiger charge is 2.26. The smallest absolute Gasteiger partial charge is 0.307 e. The Morgan fingerprint density at radius 1 is 1.06 bits per heavy atom. The summed E-state index contributed by atoms with van der Waals surface area (Å²) in [6.45, 7) is 0.675. The van der Waals surface area contributed by atoms with Crippen LogP contribution in [0, 0.1) is 5.82 Å². The largest absolute Gasteiger partial charge is 0.496 e. The molecule has 0 aliphatic carbocycles. The van der Waals surface area contributed by atoms with Gasteiger partial charge in [0.05, 0.1) is 13.5 Å². The number of carbonyl (C=O) groups is 2. The highest BCUT2D eigenvalue weighted by atomic mass is 19.1. The van der Waals surface area contributed by atoms with Gasteiger partial charge in [0.25, 0.3) is 0 Å². The minimum absolute atomic E-state index is 0.130. The summed E-state index contributed by atoms with van der Waals surface area (Å²) in [7, 11) is 1.54. The lowest BCUT2D eigenvalue weighted by Crippen LogP contribution is -2.35.